The van der Waals surface area contributed by atoms with Crippen LogP contribution in [0, 0.1) is 25.5 Å². The first kappa shape index (κ1) is 17.1. The van der Waals surface area contributed by atoms with Crippen LogP contribution < -0.4 is 5.32 Å². The van der Waals surface area contributed by atoms with Crippen molar-refractivity contribution in [1.82, 2.24) is 14.3 Å². The number of hydrogen-bond acceptors (Lipinski definition) is 5. The Morgan fingerprint density at radius 1 is 1.20 bits per heavy atom. The van der Waals surface area contributed by atoms with E-state index >= 15 is 0 Å². The van der Waals surface area contributed by atoms with Gasteiger partial charge >= 0.3 is 0 Å². The van der Waals surface area contributed by atoms with Crippen LogP contribution in [0.3, 0.4) is 0 Å². The first-order chi connectivity index (χ1) is 11.9. The van der Waals surface area contributed by atoms with Gasteiger partial charge in [0.25, 0.3) is 5.91 Å². The van der Waals surface area contributed by atoms with Crippen LogP contribution in [0.5, 0.6) is 0 Å². The summed E-state index contributed by atoms with van der Waals surface area (Å²) < 4.78 is 30.5. The van der Waals surface area contributed by atoms with E-state index in [4.69, 9.17) is 0 Å². The van der Waals surface area contributed by atoms with E-state index in [2.05, 4.69) is 19.7 Å². The number of amides is 1. The van der Waals surface area contributed by atoms with E-state index in [0.717, 1.165) is 28.4 Å². The Morgan fingerprint density at radius 2 is 2.00 bits per heavy atom. The Kier molecular flexibility index (Phi) is 4.80. The van der Waals surface area contributed by atoms with Crippen LogP contribution in [-0.4, -0.2) is 20.2 Å². The molecule has 1 N–H and O–H groups in total. The molecule has 0 fully saturated rings. The number of nitrogens with one attached hydrogen (secondary N) is 1. The van der Waals surface area contributed by atoms with Gasteiger partial charge in [0.1, 0.15) is 0 Å². The number of hydrogen-bond donors (Lipinski definition) is 1. The molecule has 0 unspecified atom stereocenters. The molecule has 2 heterocycles. The third kappa shape index (κ3) is 3.85. The predicted octanol–water partition coefficient (Wildman–Crippen LogP) is 3.67. The van der Waals surface area contributed by atoms with Crippen molar-refractivity contribution in [2.45, 2.75) is 20.3 Å². The van der Waals surface area contributed by atoms with Crippen molar-refractivity contribution in [3.05, 3.63) is 69.7 Å². The number of rotatable bonds is 4. The van der Waals surface area contributed by atoms with E-state index in [1.165, 1.54) is 17.6 Å². The standard InChI is InChI=1S/C17H14F2N4OS/c1-9-7-20-8-12(21-9)6-15-16(10(2)23-25-15)17(24)22-11-3-4-13(18)14(19)5-11/h3-5,7-8H,6H2,1-2H3,(H,22,24). The van der Waals surface area contributed by atoms with Crippen molar-refractivity contribution >= 4 is 23.1 Å². The third-order valence-electron chi connectivity index (χ3n) is 3.48. The molecule has 0 spiro atoms. The zero-order valence-electron chi connectivity index (χ0n) is 13.5. The highest BCUT2D eigenvalue weighted by molar-refractivity contribution is 7.06. The first-order valence-electron chi connectivity index (χ1n) is 7.43. The van der Waals surface area contributed by atoms with Crippen molar-refractivity contribution < 1.29 is 13.6 Å². The zero-order valence-corrected chi connectivity index (χ0v) is 14.3. The van der Waals surface area contributed by atoms with Gasteiger partial charge in [0.15, 0.2) is 11.6 Å². The fraction of sp³-hybridized carbons (Fsp3) is 0.176. The fourth-order valence-corrected chi connectivity index (χ4v) is 3.24. The Hall–Kier alpha value is -2.74. The molecule has 5 nitrogen and oxygen atoms in total. The largest absolute Gasteiger partial charge is 0.322 e. The number of aromatic nitrogens is 3. The summed E-state index contributed by atoms with van der Waals surface area (Å²) >= 11 is 1.21. The topological polar surface area (TPSA) is 67.8 Å². The van der Waals surface area contributed by atoms with Gasteiger partial charge in [-0.15, -0.1) is 0 Å². The number of nitrogens with zero attached hydrogens (tertiary/aromatic N) is 3. The Morgan fingerprint density at radius 3 is 2.72 bits per heavy atom. The second-order valence-electron chi connectivity index (χ2n) is 5.48. The summed E-state index contributed by atoms with van der Waals surface area (Å²) in [5, 5.41) is 2.58. The molecule has 8 heteroatoms. The number of anilines is 1. The minimum Gasteiger partial charge on any atom is -0.322 e. The lowest BCUT2D eigenvalue weighted by Crippen LogP contribution is -2.15. The Labute approximate surface area is 146 Å². The molecule has 2 aromatic heterocycles. The minimum atomic E-state index is -1.02. The summed E-state index contributed by atoms with van der Waals surface area (Å²) in [5.41, 5.74) is 2.67. The van der Waals surface area contributed by atoms with Crippen LogP contribution in [0.2, 0.25) is 0 Å². The molecule has 0 aliphatic rings. The van der Waals surface area contributed by atoms with Crippen molar-refractivity contribution in [1.29, 1.82) is 0 Å². The van der Waals surface area contributed by atoms with Crippen LogP contribution >= 0.6 is 11.5 Å². The van der Waals surface area contributed by atoms with Crippen LogP contribution in [0.25, 0.3) is 0 Å². The van der Waals surface area contributed by atoms with Crippen LogP contribution in [0.1, 0.15) is 32.3 Å². The molecule has 0 saturated heterocycles. The van der Waals surface area contributed by atoms with Crippen molar-refractivity contribution in [2.24, 2.45) is 0 Å². The lowest BCUT2D eigenvalue weighted by molar-refractivity contribution is 0.102. The molecule has 128 valence electrons. The number of carbonyl (C=O) groups is 1. The first-order valence-corrected chi connectivity index (χ1v) is 8.20. The van der Waals surface area contributed by atoms with Gasteiger partial charge in [-0.3, -0.25) is 14.8 Å². The molecular weight excluding hydrogens is 346 g/mol. The molecule has 0 bridgehead atoms. The molecule has 0 radical (unpaired) electrons. The van der Waals surface area contributed by atoms with Crippen molar-refractivity contribution in [3.63, 3.8) is 0 Å². The maximum atomic E-state index is 13.3. The lowest BCUT2D eigenvalue weighted by atomic mass is 10.1. The Balaban J connectivity index is 1.85. The molecule has 3 rings (SSSR count). The van der Waals surface area contributed by atoms with E-state index in [1.807, 2.05) is 6.92 Å². The molecule has 0 saturated carbocycles. The molecule has 0 aliphatic carbocycles. The summed E-state index contributed by atoms with van der Waals surface area (Å²) in [5.74, 6) is -2.41. The monoisotopic (exact) mass is 360 g/mol. The highest BCUT2D eigenvalue weighted by Gasteiger charge is 2.19. The highest BCUT2D eigenvalue weighted by atomic mass is 32.1. The maximum Gasteiger partial charge on any atom is 0.258 e. The summed E-state index contributed by atoms with van der Waals surface area (Å²) in [7, 11) is 0. The van der Waals surface area contributed by atoms with Gasteiger partial charge in [-0.1, -0.05) is 0 Å². The molecule has 25 heavy (non-hydrogen) atoms. The molecule has 1 aromatic carbocycles. The summed E-state index contributed by atoms with van der Waals surface area (Å²) in [6, 6.07) is 3.21. The van der Waals surface area contributed by atoms with Gasteiger partial charge in [-0.2, -0.15) is 4.37 Å². The molecule has 1 amide bonds. The summed E-state index contributed by atoms with van der Waals surface area (Å²) in [6.07, 6.45) is 3.71. The van der Waals surface area contributed by atoms with E-state index in [0.29, 0.717) is 17.7 Å². The van der Waals surface area contributed by atoms with Gasteiger partial charge in [0.05, 0.1) is 22.6 Å². The average Bonchev–Trinajstić information content (AvgIpc) is 2.91. The second-order valence-corrected chi connectivity index (χ2v) is 6.34. The summed E-state index contributed by atoms with van der Waals surface area (Å²) in [6.45, 7) is 3.56. The smallest absolute Gasteiger partial charge is 0.258 e. The average molecular weight is 360 g/mol. The van der Waals surface area contributed by atoms with Crippen molar-refractivity contribution in [2.75, 3.05) is 5.32 Å². The van der Waals surface area contributed by atoms with Gasteiger partial charge in [0.2, 0.25) is 0 Å². The predicted molar refractivity (Wildman–Crippen MR) is 90.7 cm³/mol. The number of aryl methyl sites for hydroxylation is 2. The number of carbonyl (C=O) groups excluding carboxylic acids is 1. The molecule has 0 aliphatic heterocycles. The normalized spacial score (nSPS) is 10.7. The summed E-state index contributed by atoms with van der Waals surface area (Å²) in [4.78, 5) is 21.8. The zero-order chi connectivity index (χ0) is 18.0. The Bertz CT molecular complexity index is 942. The van der Waals surface area contributed by atoms with Gasteiger partial charge in [-0.05, 0) is 37.5 Å². The minimum absolute atomic E-state index is 0.177. The highest BCUT2D eigenvalue weighted by Crippen LogP contribution is 2.23. The van der Waals surface area contributed by atoms with Crippen LogP contribution in [0.15, 0.2) is 30.6 Å². The molecular formula is C17H14F2N4OS. The second kappa shape index (κ2) is 7.02. The van der Waals surface area contributed by atoms with Crippen LogP contribution in [0.4, 0.5) is 14.5 Å². The quantitative estimate of drug-likeness (QED) is 0.771. The fourth-order valence-electron chi connectivity index (χ4n) is 2.36. The van der Waals surface area contributed by atoms with Crippen LogP contribution in [-0.2, 0) is 6.42 Å². The van der Waals surface area contributed by atoms with E-state index in [1.54, 1.807) is 19.3 Å². The molecule has 3 aromatic rings. The SMILES string of the molecule is Cc1cncc(Cc2snc(C)c2C(=O)Nc2ccc(F)c(F)c2)n1. The van der Waals surface area contributed by atoms with E-state index in [9.17, 15) is 13.6 Å². The molecule has 0 atom stereocenters. The van der Waals surface area contributed by atoms with E-state index in [-0.39, 0.29) is 5.69 Å². The lowest BCUT2D eigenvalue weighted by Gasteiger charge is -2.07. The van der Waals surface area contributed by atoms with E-state index < -0.39 is 17.5 Å². The third-order valence-corrected chi connectivity index (χ3v) is 4.42. The van der Waals surface area contributed by atoms with Gasteiger partial charge < -0.3 is 5.32 Å². The van der Waals surface area contributed by atoms with Crippen molar-refractivity contribution in [3.8, 4) is 0 Å². The number of benzene rings is 1. The van der Waals surface area contributed by atoms with Gasteiger partial charge in [0, 0.05) is 35.4 Å². The number of halogens is 2. The maximum absolute atomic E-state index is 13.3. The van der Waals surface area contributed by atoms with Gasteiger partial charge in [-0.25, -0.2) is 8.78 Å².